The third kappa shape index (κ3) is 4.79. The van der Waals surface area contributed by atoms with Gasteiger partial charge in [0.15, 0.2) is 6.10 Å². The highest BCUT2D eigenvalue weighted by atomic mass is 16.5. The number of hydrogen-bond donors (Lipinski definition) is 1. The minimum atomic E-state index is -0.868. The maximum atomic E-state index is 13.4. The first-order valence-electron chi connectivity index (χ1n) is 12.9. The van der Waals surface area contributed by atoms with Gasteiger partial charge in [-0.15, -0.1) is 5.10 Å². The quantitative estimate of drug-likeness (QED) is 0.369. The van der Waals surface area contributed by atoms with Crippen LogP contribution in [0, 0.1) is 6.92 Å². The van der Waals surface area contributed by atoms with Crippen molar-refractivity contribution in [1.82, 2.24) is 19.9 Å². The van der Waals surface area contributed by atoms with E-state index in [0.717, 1.165) is 45.3 Å². The molecule has 2 heterocycles. The molecule has 2 unspecified atom stereocenters. The largest absolute Gasteiger partial charge is 0.481 e. The molecule has 0 bridgehead atoms. The van der Waals surface area contributed by atoms with E-state index < -0.39 is 12.1 Å². The van der Waals surface area contributed by atoms with Crippen LogP contribution in [0.1, 0.15) is 58.7 Å². The standard InChI is InChI=1S/C30H32N4O4/c1-4-34-26-13-12-24(19(2)28(26)31-32-34)25(17-27(35)36)22-11-10-20-14-15-33(18-23(20)16-22)30(37)29(38-3)21-8-6-5-7-9-21/h5-13,16,25,29H,4,14-15,17-18H2,1-3H3,(H,35,36). The normalized spacial score (nSPS) is 14.8. The van der Waals surface area contributed by atoms with Crippen LogP contribution in [0.15, 0.2) is 60.7 Å². The monoisotopic (exact) mass is 512 g/mol. The molecule has 1 aliphatic heterocycles. The highest BCUT2D eigenvalue weighted by molar-refractivity contribution is 5.83. The predicted octanol–water partition coefficient (Wildman–Crippen LogP) is 4.64. The van der Waals surface area contributed by atoms with Crippen molar-refractivity contribution in [2.24, 2.45) is 0 Å². The fourth-order valence-corrected chi connectivity index (χ4v) is 5.53. The van der Waals surface area contributed by atoms with E-state index in [-0.39, 0.29) is 18.2 Å². The summed E-state index contributed by atoms with van der Waals surface area (Å²) >= 11 is 0. The Hall–Kier alpha value is -4.04. The summed E-state index contributed by atoms with van der Waals surface area (Å²) in [6, 6.07) is 19.7. The van der Waals surface area contributed by atoms with Crippen molar-refractivity contribution in [3.63, 3.8) is 0 Å². The second kappa shape index (κ2) is 10.8. The first-order valence-corrected chi connectivity index (χ1v) is 12.9. The molecular weight excluding hydrogens is 480 g/mol. The highest BCUT2D eigenvalue weighted by Crippen LogP contribution is 2.35. The van der Waals surface area contributed by atoms with Crippen LogP contribution in [0.25, 0.3) is 11.0 Å². The topological polar surface area (TPSA) is 97.5 Å². The summed E-state index contributed by atoms with van der Waals surface area (Å²) in [5.41, 5.74) is 7.55. The van der Waals surface area contributed by atoms with E-state index in [2.05, 4.69) is 22.4 Å². The molecule has 196 valence electrons. The lowest BCUT2D eigenvalue weighted by Crippen LogP contribution is -2.39. The molecule has 8 nitrogen and oxygen atoms in total. The van der Waals surface area contributed by atoms with Crippen molar-refractivity contribution in [3.8, 4) is 0 Å². The molecular formula is C30H32N4O4. The molecule has 8 heteroatoms. The number of carbonyl (C=O) groups is 2. The van der Waals surface area contributed by atoms with Gasteiger partial charge in [0.2, 0.25) is 0 Å². The number of hydrogen-bond acceptors (Lipinski definition) is 5. The fourth-order valence-electron chi connectivity index (χ4n) is 5.53. The molecule has 4 aromatic rings. The van der Waals surface area contributed by atoms with Gasteiger partial charge < -0.3 is 14.7 Å². The molecule has 1 aliphatic rings. The van der Waals surface area contributed by atoms with Crippen molar-refractivity contribution >= 4 is 22.9 Å². The number of carboxylic acids is 1. The highest BCUT2D eigenvalue weighted by Gasteiger charge is 2.30. The van der Waals surface area contributed by atoms with Crippen LogP contribution in [0.3, 0.4) is 0 Å². The molecule has 0 spiro atoms. The van der Waals surface area contributed by atoms with Crippen LogP contribution in [-0.2, 0) is 33.8 Å². The van der Waals surface area contributed by atoms with E-state index in [1.165, 1.54) is 5.56 Å². The Balaban J connectivity index is 1.47. The van der Waals surface area contributed by atoms with Gasteiger partial charge in [-0.1, -0.05) is 59.8 Å². The molecule has 0 saturated carbocycles. The number of amides is 1. The Kier molecular flexibility index (Phi) is 7.24. The Morgan fingerprint density at radius 2 is 1.84 bits per heavy atom. The number of carboxylic acid groups (broad SMARTS) is 1. The Morgan fingerprint density at radius 3 is 2.55 bits per heavy atom. The minimum Gasteiger partial charge on any atom is -0.481 e. The molecule has 5 rings (SSSR count). The molecule has 0 saturated heterocycles. The Morgan fingerprint density at radius 1 is 1.05 bits per heavy atom. The average molecular weight is 513 g/mol. The molecule has 2 atom stereocenters. The van der Waals surface area contributed by atoms with Gasteiger partial charge in [-0.05, 0) is 59.7 Å². The second-order valence-corrected chi connectivity index (χ2v) is 9.77. The van der Waals surface area contributed by atoms with E-state index in [4.69, 9.17) is 4.74 Å². The van der Waals surface area contributed by atoms with Gasteiger partial charge in [-0.2, -0.15) is 0 Å². The van der Waals surface area contributed by atoms with Gasteiger partial charge in [-0.25, -0.2) is 4.68 Å². The third-order valence-electron chi connectivity index (χ3n) is 7.56. The van der Waals surface area contributed by atoms with Crippen molar-refractivity contribution in [3.05, 3.63) is 94.0 Å². The van der Waals surface area contributed by atoms with Crippen molar-refractivity contribution in [2.45, 2.75) is 51.8 Å². The SMILES string of the molecule is CCn1nnc2c(C)c(C(CC(=O)O)c3ccc4c(c3)CN(C(=O)C(OC)c3ccccc3)CC4)ccc21. The van der Waals surface area contributed by atoms with Crippen molar-refractivity contribution in [1.29, 1.82) is 0 Å². The average Bonchev–Trinajstić information content (AvgIpc) is 3.36. The van der Waals surface area contributed by atoms with Gasteiger partial charge in [0.25, 0.3) is 5.91 Å². The lowest BCUT2D eigenvalue weighted by molar-refractivity contribution is -0.143. The summed E-state index contributed by atoms with van der Waals surface area (Å²) < 4.78 is 7.43. The number of aryl methyl sites for hydroxylation is 2. The number of ether oxygens (including phenoxy) is 1. The number of benzene rings is 3. The lowest BCUT2D eigenvalue weighted by Gasteiger charge is -2.32. The first kappa shape index (κ1) is 25.6. The zero-order valence-corrected chi connectivity index (χ0v) is 21.9. The second-order valence-electron chi connectivity index (χ2n) is 9.77. The number of nitrogens with zero attached hydrogens (tertiary/aromatic N) is 4. The van der Waals surface area contributed by atoms with E-state index in [9.17, 15) is 14.7 Å². The van der Waals surface area contributed by atoms with E-state index in [1.807, 2.05) is 72.0 Å². The maximum Gasteiger partial charge on any atom is 0.304 e. The number of fused-ring (bicyclic) bond motifs is 2. The number of methoxy groups -OCH3 is 1. The fraction of sp³-hybridized carbons (Fsp3) is 0.333. The Labute approximate surface area is 221 Å². The molecule has 38 heavy (non-hydrogen) atoms. The van der Waals surface area contributed by atoms with Gasteiger partial charge in [-0.3, -0.25) is 9.59 Å². The van der Waals surface area contributed by atoms with E-state index in [0.29, 0.717) is 19.6 Å². The van der Waals surface area contributed by atoms with Crippen LogP contribution in [0.2, 0.25) is 0 Å². The first-order chi connectivity index (χ1) is 18.4. The summed E-state index contributed by atoms with van der Waals surface area (Å²) in [5.74, 6) is -1.29. The molecule has 1 aromatic heterocycles. The van der Waals surface area contributed by atoms with Gasteiger partial charge >= 0.3 is 5.97 Å². The van der Waals surface area contributed by atoms with Crippen LogP contribution < -0.4 is 0 Å². The number of aliphatic carboxylic acids is 1. The molecule has 0 aliphatic carbocycles. The Bertz CT molecular complexity index is 1480. The summed E-state index contributed by atoms with van der Waals surface area (Å²) in [6.07, 6.45) is 0.0307. The summed E-state index contributed by atoms with van der Waals surface area (Å²) in [7, 11) is 1.56. The predicted molar refractivity (Wildman–Crippen MR) is 144 cm³/mol. The molecule has 3 aromatic carbocycles. The molecule has 0 fully saturated rings. The van der Waals surface area contributed by atoms with Crippen LogP contribution >= 0.6 is 0 Å². The van der Waals surface area contributed by atoms with Crippen LogP contribution in [0.4, 0.5) is 0 Å². The molecule has 1 amide bonds. The minimum absolute atomic E-state index is 0.0462. The lowest BCUT2D eigenvalue weighted by atomic mass is 9.83. The molecule has 0 radical (unpaired) electrons. The van der Waals surface area contributed by atoms with Crippen molar-refractivity contribution in [2.75, 3.05) is 13.7 Å². The van der Waals surface area contributed by atoms with E-state index in [1.54, 1.807) is 7.11 Å². The third-order valence-corrected chi connectivity index (χ3v) is 7.56. The van der Waals surface area contributed by atoms with Crippen LogP contribution in [0.5, 0.6) is 0 Å². The van der Waals surface area contributed by atoms with Gasteiger partial charge in [0.05, 0.1) is 11.9 Å². The number of aromatic nitrogens is 3. The smallest absolute Gasteiger partial charge is 0.304 e. The summed E-state index contributed by atoms with van der Waals surface area (Å²) in [6.45, 7) is 5.77. The number of carbonyl (C=O) groups excluding carboxylic acids is 1. The molecule has 1 N–H and O–H groups in total. The zero-order valence-electron chi connectivity index (χ0n) is 21.9. The van der Waals surface area contributed by atoms with E-state index >= 15 is 0 Å². The zero-order chi connectivity index (χ0) is 26.8. The van der Waals surface area contributed by atoms with Crippen LogP contribution in [-0.4, -0.2) is 50.5 Å². The maximum absolute atomic E-state index is 13.4. The van der Waals surface area contributed by atoms with Gasteiger partial charge in [0.1, 0.15) is 5.52 Å². The number of rotatable bonds is 8. The van der Waals surface area contributed by atoms with Crippen molar-refractivity contribution < 1.29 is 19.4 Å². The summed E-state index contributed by atoms with van der Waals surface area (Å²) in [4.78, 5) is 27.2. The van der Waals surface area contributed by atoms with Gasteiger partial charge in [0, 0.05) is 32.7 Å². The summed E-state index contributed by atoms with van der Waals surface area (Å²) in [5, 5.41) is 18.4.